The lowest BCUT2D eigenvalue weighted by Gasteiger charge is -2.10. The zero-order valence-corrected chi connectivity index (χ0v) is 15.7. The molecule has 27 heavy (non-hydrogen) atoms. The Morgan fingerprint density at radius 3 is 2.56 bits per heavy atom. The number of thiophene rings is 1. The van der Waals surface area contributed by atoms with E-state index in [0.29, 0.717) is 17.1 Å². The maximum Gasteiger partial charge on any atom is 0.514 e. The van der Waals surface area contributed by atoms with Gasteiger partial charge in [-0.25, -0.2) is 4.79 Å². The van der Waals surface area contributed by atoms with Crippen LogP contribution in [0.25, 0.3) is 10.1 Å². The largest absolute Gasteiger partial charge is 0.514 e. The molecule has 7 heteroatoms. The molecule has 0 spiro atoms. The Kier molecular flexibility index (Phi) is 5.93. The second-order valence-electron chi connectivity index (χ2n) is 5.41. The SMILES string of the molecule is CCOC(=O)Oc1sc2ccccc2c1OCC(=O)c1ccccc1OC. The summed E-state index contributed by atoms with van der Waals surface area (Å²) in [4.78, 5) is 24.3. The average molecular weight is 386 g/mol. The molecule has 0 amide bonds. The van der Waals surface area contributed by atoms with Gasteiger partial charge in [-0.3, -0.25) is 4.79 Å². The summed E-state index contributed by atoms with van der Waals surface area (Å²) in [5.74, 6) is 0.570. The van der Waals surface area contributed by atoms with Crippen LogP contribution in [0.4, 0.5) is 4.79 Å². The van der Waals surface area contributed by atoms with Crippen molar-refractivity contribution in [3.63, 3.8) is 0 Å². The van der Waals surface area contributed by atoms with Gasteiger partial charge in [-0.2, -0.15) is 0 Å². The van der Waals surface area contributed by atoms with Crippen molar-refractivity contribution in [3.05, 3.63) is 54.1 Å². The van der Waals surface area contributed by atoms with Gasteiger partial charge in [-0.1, -0.05) is 35.6 Å². The Bertz CT molecular complexity index is 962. The summed E-state index contributed by atoms with van der Waals surface area (Å²) in [5.41, 5.74) is 0.424. The lowest BCUT2D eigenvalue weighted by Crippen LogP contribution is -2.14. The van der Waals surface area contributed by atoms with E-state index < -0.39 is 6.16 Å². The summed E-state index contributed by atoms with van der Waals surface area (Å²) < 4.78 is 21.9. The Hall–Kier alpha value is -3.06. The van der Waals surface area contributed by atoms with Gasteiger partial charge in [-0.05, 0) is 31.2 Å². The lowest BCUT2D eigenvalue weighted by molar-refractivity contribution is 0.0913. The Morgan fingerprint density at radius 1 is 1.04 bits per heavy atom. The fourth-order valence-corrected chi connectivity index (χ4v) is 3.51. The maximum atomic E-state index is 12.6. The summed E-state index contributed by atoms with van der Waals surface area (Å²) in [7, 11) is 1.50. The van der Waals surface area contributed by atoms with Gasteiger partial charge in [0.05, 0.1) is 19.3 Å². The number of methoxy groups -OCH3 is 1. The Labute approximate surface area is 160 Å². The first-order valence-electron chi connectivity index (χ1n) is 8.29. The molecule has 0 saturated carbocycles. The third kappa shape index (κ3) is 4.20. The summed E-state index contributed by atoms with van der Waals surface area (Å²) in [6, 6.07) is 14.4. The molecule has 0 radical (unpaired) electrons. The molecule has 3 rings (SSSR count). The standard InChI is InChI=1S/C20H18O6S/c1-3-24-20(22)26-19-18(14-9-5-7-11-17(14)27-19)25-12-15(21)13-8-4-6-10-16(13)23-2/h4-11H,3,12H2,1-2H3. The topological polar surface area (TPSA) is 71.1 Å². The molecule has 3 aromatic rings. The highest BCUT2D eigenvalue weighted by Gasteiger charge is 2.20. The highest BCUT2D eigenvalue weighted by atomic mass is 32.1. The number of carbonyl (C=O) groups is 2. The Balaban J connectivity index is 1.85. The van der Waals surface area contributed by atoms with Gasteiger partial charge in [0.25, 0.3) is 0 Å². The number of Topliss-reactive ketones (excluding diaryl/α,β-unsaturated/α-hetero) is 1. The second-order valence-corrected chi connectivity index (χ2v) is 6.43. The minimum atomic E-state index is -0.815. The number of benzene rings is 2. The summed E-state index contributed by atoms with van der Waals surface area (Å²) in [6.07, 6.45) is -0.815. The normalized spacial score (nSPS) is 10.4. The predicted octanol–water partition coefficient (Wildman–Crippen LogP) is 4.71. The Morgan fingerprint density at radius 2 is 1.78 bits per heavy atom. The summed E-state index contributed by atoms with van der Waals surface area (Å²) in [5, 5.41) is 1.01. The molecule has 0 fully saturated rings. The first-order chi connectivity index (χ1) is 13.1. The van der Waals surface area contributed by atoms with Crippen LogP contribution in [0.3, 0.4) is 0 Å². The lowest BCUT2D eigenvalue weighted by atomic mass is 10.1. The zero-order chi connectivity index (χ0) is 19.2. The number of para-hydroxylation sites is 1. The van der Waals surface area contributed by atoms with Crippen molar-refractivity contribution in [3.8, 4) is 16.6 Å². The van der Waals surface area contributed by atoms with Crippen LogP contribution in [-0.2, 0) is 4.74 Å². The molecule has 0 bridgehead atoms. The van der Waals surface area contributed by atoms with Crippen LogP contribution in [0.1, 0.15) is 17.3 Å². The van der Waals surface area contributed by atoms with Gasteiger partial charge in [0.2, 0.25) is 10.8 Å². The van der Waals surface area contributed by atoms with Gasteiger partial charge in [-0.15, -0.1) is 0 Å². The van der Waals surface area contributed by atoms with Gasteiger partial charge in [0.1, 0.15) is 5.75 Å². The number of rotatable bonds is 7. The number of fused-ring (bicyclic) bond motifs is 1. The second kappa shape index (κ2) is 8.55. The van der Waals surface area contributed by atoms with Crippen LogP contribution in [-0.4, -0.2) is 32.3 Å². The highest BCUT2D eigenvalue weighted by molar-refractivity contribution is 7.21. The van der Waals surface area contributed by atoms with Crippen molar-refractivity contribution < 1.29 is 28.5 Å². The van der Waals surface area contributed by atoms with E-state index in [1.54, 1.807) is 31.2 Å². The average Bonchev–Trinajstić information content (AvgIpc) is 3.03. The molecule has 0 unspecified atom stereocenters. The molecule has 0 N–H and O–H groups in total. The van der Waals surface area contributed by atoms with E-state index in [0.717, 1.165) is 10.1 Å². The molecular formula is C20H18O6S. The molecular weight excluding hydrogens is 368 g/mol. The fourth-order valence-electron chi connectivity index (χ4n) is 2.52. The van der Waals surface area contributed by atoms with Crippen molar-refractivity contribution in [1.82, 2.24) is 0 Å². The number of hydrogen-bond acceptors (Lipinski definition) is 7. The summed E-state index contributed by atoms with van der Waals surface area (Å²) >= 11 is 1.25. The quantitative estimate of drug-likeness (QED) is 0.433. The van der Waals surface area contributed by atoms with Crippen LogP contribution in [0.2, 0.25) is 0 Å². The predicted molar refractivity (Wildman–Crippen MR) is 102 cm³/mol. The third-order valence-electron chi connectivity index (χ3n) is 3.71. The van der Waals surface area contributed by atoms with Gasteiger partial charge >= 0.3 is 6.16 Å². The third-order valence-corrected chi connectivity index (χ3v) is 4.74. The van der Waals surface area contributed by atoms with Crippen LogP contribution < -0.4 is 14.2 Å². The number of hydrogen-bond donors (Lipinski definition) is 0. The highest BCUT2D eigenvalue weighted by Crippen LogP contribution is 2.44. The van der Waals surface area contributed by atoms with E-state index in [4.69, 9.17) is 18.9 Å². The number of ketones is 1. The molecule has 0 atom stereocenters. The van der Waals surface area contributed by atoms with Crippen LogP contribution in [0.15, 0.2) is 48.5 Å². The van der Waals surface area contributed by atoms with E-state index >= 15 is 0 Å². The van der Waals surface area contributed by atoms with Gasteiger partial charge in [0.15, 0.2) is 12.4 Å². The van der Waals surface area contributed by atoms with Crippen molar-refractivity contribution in [2.45, 2.75) is 6.92 Å². The molecule has 2 aromatic carbocycles. The van der Waals surface area contributed by atoms with E-state index in [-0.39, 0.29) is 24.1 Å². The smallest absolute Gasteiger partial charge is 0.496 e. The monoisotopic (exact) mass is 386 g/mol. The van der Waals surface area contributed by atoms with Gasteiger partial charge in [0, 0.05) is 10.1 Å². The van der Waals surface area contributed by atoms with Crippen LogP contribution in [0, 0.1) is 0 Å². The van der Waals surface area contributed by atoms with Crippen LogP contribution >= 0.6 is 11.3 Å². The molecule has 6 nitrogen and oxygen atoms in total. The minimum absolute atomic E-state index is 0.201. The van der Waals surface area contributed by atoms with E-state index in [2.05, 4.69) is 0 Å². The fraction of sp³-hybridized carbons (Fsp3) is 0.200. The first kappa shape index (κ1) is 18.7. The van der Waals surface area contributed by atoms with Crippen molar-refractivity contribution in [2.75, 3.05) is 20.3 Å². The van der Waals surface area contributed by atoms with Crippen molar-refractivity contribution in [1.29, 1.82) is 0 Å². The van der Waals surface area contributed by atoms with Crippen LogP contribution in [0.5, 0.6) is 16.6 Å². The first-order valence-corrected chi connectivity index (χ1v) is 9.10. The molecule has 1 heterocycles. The van der Waals surface area contributed by atoms with Crippen molar-refractivity contribution in [2.24, 2.45) is 0 Å². The van der Waals surface area contributed by atoms with Crippen molar-refractivity contribution >= 4 is 33.4 Å². The minimum Gasteiger partial charge on any atom is -0.496 e. The summed E-state index contributed by atoms with van der Waals surface area (Å²) in [6.45, 7) is 1.67. The van der Waals surface area contributed by atoms with Gasteiger partial charge < -0.3 is 18.9 Å². The van der Waals surface area contributed by atoms with E-state index in [1.807, 2.05) is 24.3 Å². The molecule has 0 aliphatic heterocycles. The molecule has 0 aliphatic carbocycles. The maximum absolute atomic E-state index is 12.6. The molecule has 140 valence electrons. The molecule has 1 aromatic heterocycles. The molecule has 0 saturated heterocycles. The molecule has 0 aliphatic rings. The van der Waals surface area contributed by atoms with E-state index in [9.17, 15) is 9.59 Å². The number of carbonyl (C=O) groups excluding carboxylic acids is 2. The van der Waals surface area contributed by atoms with E-state index in [1.165, 1.54) is 18.4 Å². The number of ether oxygens (including phenoxy) is 4. The zero-order valence-electron chi connectivity index (χ0n) is 14.9.